The third-order valence-electron chi connectivity index (χ3n) is 3.17. The molecule has 1 amide bonds. The first-order valence-electron chi connectivity index (χ1n) is 7.06. The molecule has 2 N–H and O–H groups in total. The van der Waals surface area contributed by atoms with Gasteiger partial charge >= 0.3 is 0 Å². The molecule has 0 aromatic heterocycles. The van der Waals surface area contributed by atoms with Gasteiger partial charge in [0.15, 0.2) is 0 Å². The maximum atomic E-state index is 11.8. The molecule has 2 aromatic carbocycles. The van der Waals surface area contributed by atoms with Gasteiger partial charge in [0.05, 0.1) is 13.7 Å². The predicted octanol–water partition coefficient (Wildman–Crippen LogP) is 3.23. The lowest BCUT2D eigenvalue weighted by molar-refractivity contribution is -0.119. The monoisotopic (exact) mass is 362 g/mol. The molecule has 0 spiro atoms. The van der Waals surface area contributed by atoms with Gasteiger partial charge in [-0.1, -0.05) is 28.1 Å². The predicted molar refractivity (Wildman–Crippen MR) is 92.3 cm³/mol. The normalized spacial score (nSPS) is 10.1. The van der Waals surface area contributed by atoms with E-state index in [9.17, 15) is 4.79 Å². The Morgan fingerprint density at radius 2 is 1.95 bits per heavy atom. The lowest BCUT2D eigenvalue weighted by atomic mass is 10.1. The summed E-state index contributed by atoms with van der Waals surface area (Å²) in [7, 11) is 1.65. The standard InChI is InChI=1S/C17H19BrN2O2/c1-22-16-4-2-3-13(11-16)9-10-19-17(21)12-20-15-7-5-14(18)6-8-15/h2-8,11,20H,9-10,12H2,1H3,(H,19,21). The topological polar surface area (TPSA) is 50.4 Å². The number of halogens is 1. The molecule has 0 atom stereocenters. The van der Waals surface area contributed by atoms with Crippen molar-refractivity contribution in [3.8, 4) is 5.75 Å². The smallest absolute Gasteiger partial charge is 0.239 e. The zero-order valence-electron chi connectivity index (χ0n) is 12.4. The Bertz CT molecular complexity index is 614. The highest BCUT2D eigenvalue weighted by Crippen LogP contribution is 2.14. The molecule has 0 aliphatic carbocycles. The van der Waals surface area contributed by atoms with E-state index in [4.69, 9.17) is 4.74 Å². The van der Waals surface area contributed by atoms with Crippen molar-refractivity contribution in [3.63, 3.8) is 0 Å². The van der Waals surface area contributed by atoms with Crippen molar-refractivity contribution in [1.29, 1.82) is 0 Å². The van der Waals surface area contributed by atoms with E-state index in [1.807, 2.05) is 48.5 Å². The van der Waals surface area contributed by atoms with Crippen LogP contribution in [0.1, 0.15) is 5.56 Å². The number of benzene rings is 2. The Kier molecular flexibility index (Phi) is 6.27. The molecular weight excluding hydrogens is 344 g/mol. The summed E-state index contributed by atoms with van der Waals surface area (Å²) in [5.41, 5.74) is 2.06. The SMILES string of the molecule is COc1cccc(CCNC(=O)CNc2ccc(Br)cc2)c1. The van der Waals surface area contributed by atoms with E-state index in [1.165, 1.54) is 0 Å². The number of rotatable bonds is 7. The summed E-state index contributed by atoms with van der Waals surface area (Å²) >= 11 is 3.38. The number of amides is 1. The summed E-state index contributed by atoms with van der Waals surface area (Å²) in [6.07, 6.45) is 0.779. The summed E-state index contributed by atoms with van der Waals surface area (Å²) in [4.78, 5) is 11.8. The third-order valence-corrected chi connectivity index (χ3v) is 3.70. The minimum Gasteiger partial charge on any atom is -0.497 e. The number of carbonyl (C=O) groups excluding carboxylic acids is 1. The van der Waals surface area contributed by atoms with Crippen LogP contribution in [0.2, 0.25) is 0 Å². The molecule has 0 saturated heterocycles. The van der Waals surface area contributed by atoms with Gasteiger partial charge in [0, 0.05) is 16.7 Å². The zero-order valence-corrected chi connectivity index (χ0v) is 14.0. The molecule has 0 aliphatic heterocycles. The van der Waals surface area contributed by atoms with E-state index >= 15 is 0 Å². The lowest BCUT2D eigenvalue weighted by Crippen LogP contribution is -2.31. The van der Waals surface area contributed by atoms with Crippen LogP contribution in [0.25, 0.3) is 0 Å². The van der Waals surface area contributed by atoms with Crippen molar-refractivity contribution in [2.45, 2.75) is 6.42 Å². The highest BCUT2D eigenvalue weighted by atomic mass is 79.9. The van der Waals surface area contributed by atoms with Gasteiger partial charge in [-0.15, -0.1) is 0 Å². The molecule has 116 valence electrons. The number of carbonyl (C=O) groups is 1. The minimum atomic E-state index is -0.0224. The quantitative estimate of drug-likeness (QED) is 0.794. The van der Waals surface area contributed by atoms with E-state index in [0.29, 0.717) is 6.54 Å². The van der Waals surface area contributed by atoms with Crippen LogP contribution in [-0.4, -0.2) is 26.1 Å². The van der Waals surface area contributed by atoms with Crippen LogP contribution in [0.3, 0.4) is 0 Å². The largest absolute Gasteiger partial charge is 0.497 e. The average Bonchev–Trinajstić information content (AvgIpc) is 2.54. The third kappa shape index (κ3) is 5.41. The van der Waals surface area contributed by atoms with Crippen LogP contribution >= 0.6 is 15.9 Å². The van der Waals surface area contributed by atoms with E-state index < -0.39 is 0 Å². The molecular formula is C17H19BrN2O2. The Balaban J connectivity index is 1.70. The van der Waals surface area contributed by atoms with E-state index in [-0.39, 0.29) is 12.5 Å². The Hall–Kier alpha value is -2.01. The van der Waals surface area contributed by atoms with Gasteiger partial charge in [0.25, 0.3) is 0 Å². The fourth-order valence-electron chi connectivity index (χ4n) is 1.99. The van der Waals surface area contributed by atoms with E-state index in [2.05, 4.69) is 26.6 Å². The van der Waals surface area contributed by atoms with Gasteiger partial charge in [-0.3, -0.25) is 4.79 Å². The molecule has 0 unspecified atom stereocenters. The molecule has 2 rings (SSSR count). The van der Waals surface area contributed by atoms with Gasteiger partial charge in [0.2, 0.25) is 5.91 Å². The molecule has 0 heterocycles. The van der Waals surface area contributed by atoms with Crippen molar-refractivity contribution >= 4 is 27.5 Å². The van der Waals surface area contributed by atoms with Gasteiger partial charge in [-0.2, -0.15) is 0 Å². The molecule has 0 aliphatic rings. The molecule has 5 heteroatoms. The van der Waals surface area contributed by atoms with Crippen molar-refractivity contribution in [3.05, 3.63) is 58.6 Å². The number of hydrogen-bond donors (Lipinski definition) is 2. The Morgan fingerprint density at radius 1 is 1.18 bits per heavy atom. The highest BCUT2D eigenvalue weighted by Gasteiger charge is 2.02. The summed E-state index contributed by atoms with van der Waals surface area (Å²) in [5, 5.41) is 5.98. The fourth-order valence-corrected chi connectivity index (χ4v) is 2.25. The molecule has 0 bridgehead atoms. The van der Waals surface area contributed by atoms with Crippen molar-refractivity contribution in [2.75, 3.05) is 25.5 Å². The molecule has 4 nitrogen and oxygen atoms in total. The van der Waals surface area contributed by atoms with Crippen LogP contribution in [-0.2, 0) is 11.2 Å². The second kappa shape index (κ2) is 8.44. The van der Waals surface area contributed by atoms with Crippen LogP contribution in [0, 0.1) is 0 Å². The average molecular weight is 363 g/mol. The zero-order chi connectivity index (χ0) is 15.8. The van der Waals surface area contributed by atoms with Crippen molar-refractivity contribution < 1.29 is 9.53 Å². The first-order chi connectivity index (χ1) is 10.7. The number of hydrogen-bond acceptors (Lipinski definition) is 3. The van der Waals surface area contributed by atoms with E-state index in [1.54, 1.807) is 7.11 Å². The summed E-state index contributed by atoms with van der Waals surface area (Å²) in [6, 6.07) is 15.6. The number of nitrogens with one attached hydrogen (secondary N) is 2. The number of ether oxygens (including phenoxy) is 1. The van der Waals surface area contributed by atoms with Gasteiger partial charge in [-0.05, 0) is 48.4 Å². The van der Waals surface area contributed by atoms with Crippen LogP contribution in [0.4, 0.5) is 5.69 Å². The minimum absolute atomic E-state index is 0.0224. The highest BCUT2D eigenvalue weighted by molar-refractivity contribution is 9.10. The second-order valence-electron chi connectivity index (χ2n) is 4.81. The van der Waals surface area contributed by atoms with Gasteiger partial charge in [0.1, 0.15) is 5.75 Å². The molecule has 0 fully saturated rings. The van der Waals surface area contributed by atoms with Gasteiger partial charge < -0.3 is 15.4 Å². The van der Waals surface area contributed by atoms with Crippen molar-refractivity contribution in [2.24, 2.45) is 0 Å². The van der Waals surface area contributed by atoms with Crippen LogP contribution in [0.5, 0.6) is 5.75 Å². The molecule has 0 radical (unpaired) electrons. The summed E-state index contributed by atoms with van der Waals surface area (Å²) in [5.74, 6) is 0.812. The maximum absolute atomic E-state index is 11.8. The maximum Gasteiger partial charge on any atom is 0.239 e. The van der Waals surface area contributed by atoms with Crippen molar-refractivity contribution in [1.82, 2.24) is 5.32 Å². The first kappa shape index (κ1) is 16.4. The number of anilines is 1. The Morgan fingerprint density at radius 3 is 2.68 bits per heavy atom. The Labute approximate surface area is 139 Å². The molecule has 0 saturated carbocycles. The van der Waals surface area contributed by atoms with Crippen LogP contribution in [0.15, 0.2) is 53.0 Å². The van der Waals surface area contributed by atoms with E-state index in [0.717, 1.165) is 27.9 Å². The fraction of sp³-hybridized carbons (Fsp3) is 0.235. The molecule has 22 heavy (non-hydrogen) atoms. The summed E-state index contributed by atoms with van der Waals surface area (Å²) < 4.78 is 6.19. The first-order valence-corrected chi connectivity index (χ1v) is 7.86. The molecule has 2 aromatic rings. The number of methoxy groups -OCH3 is 1. The summed E-state index contributed by atoms with van der Waals surface area (Å²) in [6.45, 7) is 0.869. The van der Waals surface area contributed by atoms with Gasteiger partial charge in [-0.25, -0.2) is 0 Å². The van der Waals surface area contributed by atoms with Crippen LogP contribution < -0.4 is 15.4 Å². The lowest BCUT2D eigenvalue weighted by Gasteiger charge is -2.08. The second-order valence-corrected chi connectivity index (χ2v) is 5.73.